The lowest BCUT2D eigenvalue weighted by atomic mass is 9.98. The van der Waals surface area contributed by atoms with Crippen LogP contribution >= 0.6 is 0 Å². The number of H-pyrrole nitrogens is 1. The van der Waals surface area contributed by atoms with Crippen molar-refractivity contribution in [2.45, 2.75) is 6.04 Å². The van der Waals surface area contributed by atoms with Gasteiger partial charge in [-0.25, -0.2) is 9.59 Å². The number of benzene rings is 1. The van der Waals surface area contributed by atoms with Crippen molar-refractivity contribution in [1.82, 2.24) is 14.9 Å². The molecule has 0 saturated heterocycles. The van der Waals surface area contributed by atoms with E-state index in [1.54, 1.807) is 18.2 Å². The molecular weight excluding hydrogens is 316 g/mol. The van der Waals surface area contributed by atoms with Crippen molar-refractivity contribution in [3.8, 4) is 11.5 Å². The van der Waals surface area contributed by atoms with Crippen molar-refractivity contribution in [3.05, 3.63) is 50.2 Å². The summed E-state index contributed by atoms with van der Waals surface area (Å²) < 4.78 is 11.6. The van der Waals surface area contributed by atoms with E-state index < -0.39 is 23.3 Å². The number of aromatic amines is 1. The third-order valence-corrected chi connectivity index (χ3v) is 3.90. The fourth-order valence-electron chi connectivity index (χ4n) is 2.69. The van der Waals surface area contributed by atoms with Gasteiger partial charge in [-0.2, -0.15) is 0 Å². The van der Waals surface area contributed by atoms with Gasteiger partial charge in [-0.3, -0.25) is 19.7 Å². The highest BCUT2D eigenvalue weighted by Crippen LogP contribution is 2.34. The zero-order valence-electron chi connectivity index (χ0n) is 13.3. The zero-order chi connectivity index (χ0) is 17.4. The quantitative estimate of drug-likeness (QED) is 0.749. The van der Waals surface area contributed by atoms with Crippen LogP contribution in [0, 0.1) is 0 Å². The third-order valence-electron chi connectivity index (χ3n) is 3.90. The molecule has 3 rings (SSSR count). The molecule has 0 fully saturated rings. The SMILES string of the molecule is COc1ccc(C2NC(=O)Nc3c2c(=O)[nH]c(=O)n3C)cc1OC. The Bertz CT molecular complexity index is 930. The lowest BCUT2D eigenvalue weighted by molar-refractivity contribution is 0.248. The monoisotopic (exact) mass is 332 g/mol. The molecule has 2 amide bonds. The van der Waals surface area contributed by atoms with Gasteiger partial charge in [-0.15, -0.1) is 0 Å². The Morgan fingerprint density at radius 1 is 1.08 bits per heavy atom. The van der Waals surface area contributed by atoms with E-state index in [9.17, 15) is 14.4 Å². The molecule has 2 heterocycles. The predicted molar refractivity (Wildman–Crippen MR) is 85.8 cm³/mol. The maximum Gasteiger partial charge on any atom is 0.329 e. The van der Waals surface area contributed by atoms with E-state index in [0.29, 0.717) is 17.1 Å². The van der Waals surface area contributed by atoms with E-state index in [1.807, 2.05) is 0 Å². The number of anilines is 1. The molecule has 126 valence electrons. The Kier molecular flexibility index (Phi) is 3.76. The number of hydrogen-bond acceptors (Lipinski definition) is 5. The standard InChI is InChI=1S/C15H16N4O5/c1-19-12-10(13(20)18-15(19)22)11(16-14(21)17-12)7-4-5-8(23-2)9(6-7)24-3/h4-6,11H,1-3H3,(H2,16,17,21)(H,18,20,22). The van der Waals surface area contributed by atoms with Crippen LogP contribution in [0.2, 0.25) is 0 Å². The Balaban J connectivity index is 2.21. The number of carbonyl (C=O) groups excluding carboxylic acids is 1. The van der Waals surface area contributed by atoms with E-state index in [1.165, 1.54) is 25.8 Å². The van der Waals surface area contributed by atoms with Gasteiger partial charge in [0.2, 0.25) is 0 Å². The fourth-order valence-corrected chi connectivity index (χ4v) is 2.69. The minimum absolute atomic E-state index is 0.160. The molecule has 9 nitrogen and oxygen atoms in total. The van der Waals surface area contributed by atoms with Crippen LogP contribution in [0.4, 0.5) is 10.6 Å². The van der Waals surface area contributed by atoms with Gasteiger partial charge in [-0.1, -0.05) is 6.07 Å². The van der Waals surface area contributed by atoms with E-state index >= 15 is 0 Å². The maximum absolute atomic E-state index is 12.3. The second kappa shape index (κ2) is 5.76. The summed E-state index contributed by atoms with van der Waals surface area (Å²) in [4.78, 5) is 38.2. The third kappa shape index (κ3) is 2.39. The first-order valence-electron chi connectivity index (χ1n) is 7.09. The number of rotatable bonds is 3. The van der Waals surface area contributed by atoms with E-state index in [-0.39, 0.29) is 11.4 Å². The van der Waals surface area contributed by atoms with Crippen LogP contribution in [0.3, 0.4) is 0 Å². The van der Waals surface area contributed by atoms with Gasteiger partial charge < -0.3 is 14.8 Å². The molecule has 1 unspecified atom stereocenters. The maximum atomic E-state index is 12.3. The van der Waals surface area contributed by atoms with Crippen LogP contribution in [0.25, 0.3) is 0 Å². The highest BCUT2D eigenvalue weighted by Gasteiger charge is 2.31. The van der Waals surface area contributed by atoms with Gasteiger partial charge >= 0.3 is 11.7 Å². The first kappa shape index (κ1) is 15.7. The molecule has 1 aliphatic heterocycles. The number of fused-ring (bicyclic) bond motifs is 1. The van der Waals surface area contributed by atoms with Crippen LogP contribution in [0.15, 0.2) is 27.8 Å². The summed E-state index contributed by atoms with van der Waals surface area (Å²) in [7, 11) is 4.47. The smallest absolute Gasteiger partial charge is 0.329 e. The first-order chi connectivity index (χ1) is 11.5. The number of amides is 2. The molecule has 0 aliphatic carbocycles. The first-order valence-corrected chi connectivity index (χ1v) is 7.09. The Morgan fingerprint density at radius 3 is 2.46 bits per heavy atom. The van der Waals surface area contributed by atoms with Crippen LogP contribution in [0.5, 0.6) is 11.5 Å². The van der Waals surface area contributed by atoms with Crippen molar-refractivity contribution in [2.24, 2.45) is 7.05 Å². The number of nitrogens with one attached hydrogen (secondary N) is 3. The fraction of sp³-hybridized carbons (Fsp3) is 0.267. The van der Waals surface area contributed by atoms with Crippen LogP contribution in [0.1, 0.15) is 17.2 Å². The summed E-state index contributed by atoms with van der Waals surface area (Å²) in [5, 5.41) is 5.18. The highest BCUT2D eigenvalue weighted by atomic mass is 16.5. The number of hydrogen-bond donors (Lipinski definition) is 3. The van der Waals surface area contributed by atoms with Crippen molar-refractivity contribution in [1.29, 1.82) is 0 Å². The molecule has 1 atom stereocenters. The van der Waals surface area contributed by atoms with Gasteiger partial charge in [0.25, 0.3) is 5.56 Å². The van der Waals surface area contributed by atoms with Crippen LogP contribution in [-0.4, -0.2) is 29.8 Å². The minimum atomic E-state index is -0.732. The van der Waals surface area contributed by atoms with E-state index in [4.69, 9.17) is 9.47 Å². The summed E-state index contributed by atoms with van der Waals surface area (Å²) in [6.45, 7) is 0. The molecule has 2 aromatic rings. The number of urea groups is 1. The van der Waals surface area contributed by atoms with Crippen LogP contribution in [-0.2, 0) is 7.05 Å². The zero-order valence-corrected chi connectivity index (χ0v) is 13.3. The lowest BCUT2D eigenvalue weighted by Crippen LogP contribution is -2.46. The number of ether oxygens (including phenoxy) is 2. The Hall–Kier alpha value is -3.23. The van der Waals surface area contributed by atoms with Crippen molar-refractivity contribution >= 4 is 11.8 Å². The predicted octanol–water partition coefficient (Wildman–Crippen LogP) is 0.315. The summed E-state index contributed by atoms with van der Waals surface area (Å²) >= 11 is 0. The van der Waals surface area contributed by atoms with Gasteiger partial charge in [0.1, 0.15) is 5.82 Å². The molecular formula is C15H16N4O5. The molecule has 1 aromatic heterocycles. The average Bonchev–Trinajstić information content (AvgIpc) is 2.58. The minimum Gasteiger partial charge on any atom is -0.493 e. The summed E-state index contributed by atoms with van der Waals surface area (Å²) in [6.07, 6.45) is 0. The number of carbonyl (C=O) groups is 1. The molecule has 0 saturated carbocycles. The Labute approximate surface area is 136 Å². The molecule has 9 heteroatoms. The van der Waals surface area contributed by atoms with E-state index in [0.717, 1.165) is 0 Å². The molecule has 0 bridgehead atoms. The van der Waals surface area contributed by atoms with Crippen molar-refractivity contribution in [3.63, 3.8) is 0 Å². The second-order valence-electron chi connectivity index (χ2n) is 5.23. The van der Waals surface area contributed by atoms with Gasteiger partial charge in [0.15, 0.2) is 11.5 Å². The second-order valence-corrected chi connectivity index (χ2v) is 5.23. The summed E-state index contributed by atoms with van der Waals surface area (Å²) in [6, 6.07) is 3.82. The molecule has 0 spiro atoms. The molecule has 3 N–H and O–H groups in total. The Morgan fingerprint density at radius 2 is 1.79 bits per heavy atom. The number of methoxy groups -OCH3 is 2. The molecule has 1 aliphatic rings. The normalized spacial score (nSPS) is 16.0. The largest absolute Gasteiger partial charge is 0.493 e. The van der Waals surface area contributed by atoms with E-state index in [2.05, 4.69) is 15.6 Å². The van der Waals surface area contributed by atoms with Crippen molar-refractivity contribution in [2.75, 3.05) is 19.5 Å². The lowest BCUT2D eigenvalue weighted by Gasteiger charge is -2.28. The number of nitrogens with zero attached hydrogens (tertiary/aromatic N) is 1. The average molecular weight is 332 g/mol. The molecule has 24 heavy (non-hydrogen) atoms. The molecule has 1 aromatic carbocycles. The van der Waals surface area contributed by atoms with Crippen LogP contribution < -0.4 is 31.4 Å². The van der Waals surface area contributed by atoms with Gasteiger partial charge in [0.05, 0.1) is 25.8 Å². The highest BCUT2D eigenvalue weighted by molar-refractivity contribution is 5.92. The number of aromatic nitrogens is 2. The van der Waals surface area contributed by atoms with Gasteiger partial charge in [-0.05, 0) is 17.7 Å². The summed E-state index contributed by atoms with van der Waals surface area (Å²) in [5.74, 6) is 1.15. The molecule has 0 radical (unpaired) electrons. The topological polar surface area (TPSA) is 114 Å². The summed E-state index contributed by atoms with van der Waals surface area (Å²) in [5.41, 5.74) is -0.316. The van der Waals surface area contributed by atoms with Crippen molar-refractivity contribution < 1.29 is 14.3 Å². The van der Waals surface area contributed by atoms with Gasteiger partial charge in [0, 0.05) is 7.05 Å².